The lowest BCUT2D eigenvalue weighted by atomic mass is 9.94. The molecule has 0 aromatic carbocycles. The zero-order valence-electron chi connectivity index (χ0n) is 10.1. The summed E-state index contributed by atoms with van der Waals surface area (Å²) in [5.41, 5.74) is 0.494. The van der Waals surface area contributed by atoms with Crippen LogP contribution in [0.4, 0.5) is 0 Å². The van der Waals surface area contributed by atoms with Gasteiger partial charge in [-0.2, -0.15) is 0 Å². The molecule has 1 aliphatic heterocycles. The van der Waals surface area contributed by atoms with Gasteiger partial charge in [0.05, 0.1) is 12.2 Å². The average molecular weight is 212 g/mol. The van der Waals surface area contributed by atoms with Crippen LogP contribution in [-0.2, 0) is 14.3 Å². The van der Waals surface area contributed by atoms with Crippen LogP contribution < -0.4 is 0 Å². The van der Waals surface area contributed by atoms with Gasteiger partial charge in [-0.15, -0.1) is 0 Å². The molecule has 1 aliphatic rings. The zero-order valence-corrected chi connectivity index (χ0v) is 10.1. The van der Waals surface area contributed by atoms with Gasteiger partial charge in [0.15, 0.2) is 0 Å². The summed E-state index contributed by atoms with van der Waals surface area (Å²) < 4.78 is 10.7. The number of hydrogen-bond acceptors (Lipinski definition) is 3. The predicted molar refractivity (Wildman–Crippen MR) is 58.3 cm³/mol. The van der Waals surface area contributed by atoms with E-state index >= 15 is 0 Å². The van der Waals surface area contributed by atoms with E-state index in [1.807, 2.05) is 20.8 Å². The second kappa shape index (κ2) is 4.69. The summed E-state index contributed by atoms with van der Waals surface area (Å²) in [7, 11) is 0. The first kappa shape index (κ1) is 12.1. The number of allylic oxidation sites excluding steroid dienone is 1. The molecule has 0 saturated heterocycles. The van der Waals surface area contributed by atoms with Crippen LogP contribution in [0.1, 0.15) is 47.0 Å². The molecular formula is C12H20O3. The molecule has 0 saturated carbocycles. The number of hydrogen-bond donors (Lipinski definition) is 0. The molecule has 3 nitrogen and oxygen atoms in total. The van der Waals surface area contributed by atoms with Crippen LogP contribution in [0.25, 0.3) is 0 Å². The van der Waals surface area contributed by atoms with E-state index in [2.05, 4.69) is 6.92 Å². The largest absolute Gasteiger partial charge is 0.491 e. The van der Waals surface area contributed by atoms with Gasteiger partial charge >= 0.3 is 5.97 Å². The lowest BCUT2D eigenvalue weighted by molar-refractivity contribution is -0.138. The molecule has 0 amide bonds. The lowest BCUT2D eigenvalue weighted by Crippen LogP contribution is -2.24. The topological polar surface area (TPSA) is 35.5 Å². The van der Waals surface area contributed by atoms with Gasteiger partial charge < -0.3 is 9.47 Å². The second-order valence-electron chi connectivity index (χ2n) is 4.23. The molecule has 1 atom stereocenters. The highest BCUT2D eigenvalue weighted by molar-refractivity contribution is 5.89. The SMILES string of the molecule is CCCC1(C)CC(C(=O)OCC)=C(C)O1. The molecule has 0 radical (unpaired) electrons. The minimum atomic E-state index is -0.227. The first-order valence-corrected chi connectivity index (χ1v) is 5.58. The molecule has 0 spiro atoms. The van der Waals surface area contributed by atoms with Gasteiger partial charge in [-0.25, -0.2) is 4.79 Å². The van der Waals surface area contributed by atoms with Crippen molar-refractivity contribution in [3.63, 3.8) is 0 Å². The summed E-state index contributed by atoms with van der Waals surface area (Å²) in [6, 6.07) is 0. The summed E-state index contributed by atoms with van der Waals surface area (Å²) >= 11 is 0. The average Bonchev–Trinajstić information content (AvgIpc) is 2.43. The quantitative estimate of drug-likeness (QED) is 0.672. The maximum atomic E-state index is 11.6. The summed E-state index contributed by atoms with van der Waals surface area (Å²) in [6.07, 6.45) is 2.69. The molecule has 0 aromatic rings. The van der Waals surface area contributed by atoms with Crippen LogP contribution in [0.15, 0.2) is 11.3 Å². The smallest absolute Gasteiger partial charge is 0.337 e. The van der Waals surface area contributed by atoms with Crippen molar-refractivity contribution >= 4 is 5.97 Å². The third-order valence-electron chi connectivity index (χ3n) is 2.68. The Bertz CT molecular complexity index is 281. The monoisotopic (exact) mass is 212 g/mol. The molecule has 3 heteroatoms. The third-order valence-corrected chi connectivity index (χ3v) is 2.68. The fourth-order valence-electron chi connectivity index (χ4n) is 2.07. The Kier molecular flexibility index (Phi) is 3.77. The minimum Gasteiger partial charge on any atom is -0.491 e. The normalized spacial score (nSPS) is 25.3. The van der Waals surface area contributed by atoms with E-state index in [-0.39, 0.29) is 11.6 Å². The number of carbonyl (C=O) groups is 1. The van der Waals surface area contributed by atoms with E-state index in [0.717, 1.165) is 18.6 Å². The molecule has 0 aliphatic carbocycles. The second-order valence-corrected chi connectivity index (χ2v) is 4.23. The maximum Gasteiger partial charge on any atom is 0.337 e. The Labute approximate surface area is 91.4 Å². The fraction of sp³-hybridized carbons (Fsp3) is 0.750. The van der Waals surface area contributed by atoms with E-state index in [1.54, 1.807) is 0 Å². The molecule has 15 heavy (non-hydrogen) atoms. The summed E-state index contributed by atoms with van der Waals surface area (Å²) in [5.74, 6) is 0.499. The van der Waals surface area contributed by atoms with Gasteiger partial charge in [0.2, 0.25) is 0 Å². The molecule has 86 valence electrons. The summed E-state index contributed by atoms with van der Waals surface area (Å²) in [6.45, 7) is 8.24. The predicted octanol–water partition coefficient (Wildman–Crippen LogP) is 2.80. The van der Waals surface area contributed by atoms with Crippen LogP contribution in [-0.4, -0.2) is 18.2 Å². The van der Waals surface area contributed by atoms with E-state index in [4.69, 9.17) is 9.47 Å². The molecule has 0 aromatic heterocycles. The minimum absolute atomic E-state index is 0.207. The Morgan fingerprint density at radius 2 is 2.20 bits per heavy atom. The Morgan fingerprint density at radius 3 is 2.73 bits per heavy atom. The van der Waals surface area contributed by atoms with Crippen LogP contribution in [0.3, 0.4) is 0 Å². The highest BCUT2D eigenvalue weighted by Crippen LogP contribution is 2.37. The summed E-state index contributed by atoms with van der Waals surface area (Å²) in [5, 5.41) is 0. The van der Waals surface area contributed by atoms with Gasteiger partial charge in [-0.3, -0.25) is 0 Å². The van der Waals surface area contributed by atoms with Gasteiger partial charge in [0, 0.05) is 6.42 Å². The highest BCUT2D eigenvalue weighted by atomic mass is 16.5. The Morgan fingerprint density at radius 1 is 1.53 bits per heavy atom. The van der Waals surface area contributed by atoms with E-state index in [0.29, 0.717) is 18.6 Å². The molecule has 0 fully saturated rings. The van der Waals surface area contributed by atoms with Crippen molar-refractivity contribution in [2.45, 2.75) is 52.6 Å². The van der Waals surface area contributed by atoms with E-state index in [9.17, 15) is 4.79 Å². The third kappa shape index (κ3) is 2.74. The first-order valence-electron chi connectivity index (χ1n) is 5.58. The number of rotatable bonds is 4. The zero-order chi connectivity index (χ0) is 11.5. The van der Waals surface area contributed by atoms with Crippen molar-refractivity contribution in [2.75, 3.05) is 6.61 Å². The van der Waals surface area contributed by atoms with Crippen LogP contribution in [0.2, 0.25) is 0 Å². The molecule has 0 N–H and O–H groups in total. The maximum absolute atomic E-state index is 11.6. The molecule has 1 unspecified atom stereocenters. The van der Waals surface area contributed by atoms with Crippen LogP contribution in [0.5, 0.6) is 0 Å². The highest BCUT2D eigenvalue weighted by Gasteiger charge is 2.37. The molecular weight excluding hydrogens is 192 g/mol. The van der Waals surface area contributed by atoms with E-state index < -0.39 is 0 Å². The Balaban J connectivity index is 2.68. The van der Waals surface area contributed by atoms with Gasteiger partial charge in [0.1, 0.15) is 11.4 Å². The number of carbonyl (C=O) groups excluding carboxylic acids is 1. The summed E-state index contributed by atoms with van der Waals surface area (Å²) in [4.78, 5) is 11.6. The van der Waals surface area contributed by atoms with Crippen molar-refractivity contribution in [3.05, 3.63) is 11.3 Å². The number of ether oxygens (including phenoxy) is 2. The fourth-order valence-corrected chi connectivity index (χ4v) is 2.07. The van der Waals surface area contributed by atoms with Crippen molar-refractivity contribution in [1.29, 1.82) is 0 Å². The molecule has 0 bridgehead atoms. The van der Waals surface area contributed by atoms with Gasteiger partial charge in [0.25, 0.3) is 0 Å². The van der Waals surface area contributed by atoms with Crippen molar-refractivity contribution in [3.8, 4) is 0 Å². The first-order chi connectivity index (χ1) is 7.02. The Hall–Kier alpha value is -0.990. The van der Waals surface area contributed by atoms with Gasteiger partial charge in [-0.05, 0) is 27.2 Å². The van der Waals surface area contributed by atoms with Crippen molar-refractivity contribution in [1.82, 2.24) is 0 Å². The van der Waals surface area contributed by atoms with Crippen LogP contribution >= 0.6 is 0 Å². The number of esters is 1. The lowest BCUT2D eigenvalue weighted by Gasteiger charge is -2.24. The van der Waals surface area contributed by atoms with Crippen LogP contribution in [0, 0.1) is 0 Å². The van der Waals surface area contributed by atoms with Crippen molar-refractivity contribution < 1.29 is 14.3 Å². The van der Waals surface area contributed by atoms with E-state index in [1.165, 1.54) is 0 Å². The van der Waals surface area contributed by atoms with Gasteiger partial charge in [-0.1, -0.05) is 13.3 Å². The standard InChI is InChI=1S/C12H20O3/c1-5-7-12(4)8-10(9(3)15-12)11(13)14-6-2/h5-8H2,1-4H3. The molecule has 1 heterocycles. The van der Waals surface area contributed by atoms with Crippen molar-refractivity contribution in [2.24, 2.45) is 0 Å². The molecule has 1 rings (SSSR count).